The van der Waals surface area contributed by atoms with Gasteiger partial charge in [-0.2, -0.15) is 5.26 Å². The van der Waals surface area contributed by atoms with Gasteiger partial charge in [0.05, 0.1) is 16.3 Å². The molecule has 0 fully saturated rings. The highest BCUT2D eigenvalue weighted by Crippen LogP contribution is 2.26. The zero-order chi connectivity index (χ0) is 22.4. The molecule has 0 spiro atoms. The first-order chi connectivity index (χ1) is 14.9. The maximum absolute atomic E-state index is 13.3. The lowest BCUT2D eigenvalue weighted by Gasteiger charge is -2.10. The summed E-state index contributed by atoms with van der Waals surface area (Å²) >= 11 is 6.12. The lowest BCUT2D eigenvalue weighted by atomic mass is 10.1. The minimum Gasteiger partial charge on any atom is -0.423 e. The molecule has 3 rings (SSSR count). The van der Waals surface area contributed by atoms with Crippen LogP contribution < -0.4 is 10.1 Å². The van der Waals surface area contributed by atoms with E-state index in [0.717, 1.165) is 11.6 Å². The number of anilines is 1. The van der Waals surface area contributed by atoms with Crippen LogP contribution in [-0.4, -0.2) is 11.9 Å². The fraction of sp³-hybridized carbons (Fsp3) is 0.0417. The zero-order valence-electron chi connectivity index (χ0n) is 16.4. The molecule has 0 saturated carbocycles. The summed E-state index contributed by atoms with van der Waals surface area (Å²) < 4.78 is 18.6. The van der Waals surface area contributed by atoms with Crippen molar-refractivity contribution in [1.82, 2.24) is 0 Å². The van der Waals surface area contributed by atoms with Crippen molar-refractivity contribution in [3.63, 3.8) is 0 Å². The number of amides is 1. The van der Waals surface area contributed by atoms with E-state index in [4.69, 9.17) is 16.3 Å². The Hall–Kier alpha value is -3.95. The number of benzene rings is 3. The average Bonchev–Trinajstić information content (AvgIpc) is 2.75. The van der Waals surface area contributed by atoms with Gasteiger partial charge in [-0.15, -0.1) is 0 Å². The van der Waals surface area contributed by atoms with Crippen molar-refractivity contribution in [2.75, 3.05) is 5.32 Å². The van der Waals surface area contributed by atoms with Crippen molar-refractivity contribution in [2.24, 2.45) is 0 Å². The number of nitrogens with zero attached hydrogens (tertiary/aromatic N) is 1. The van der Waals surface area contributed by atoms with Crippen molar-refractivity contribution >= 4 is 35.2 Å². The SMILES string of the molecule is Cc1cccc(Cl)c1NC(=O)/C(C#N)=C/c1cccc(OC(=O)c2cccc(F)c2)c1. The highest BCUT2D eigenvalue weighted by atomic mass is 35.5. The number of nitrogens with one attached hydrogen (secondary N) is 1. The van der Waals surface area contributed by atoms with E-state index in [1.165, 1.54) is 36.4 Å². The van der Waals surface area contributed by atoms with E-state index in [-0.39, 0.29) is 16.9 Å². The van der Waals surface area contributed by atoms with Crippen LogP contribution in [-0.2, 0) is 4.79 Å². The summed E-state index contributed by atoms with van der Waals surface area (Å²) in [5, 5.41) is 12.4. The van der Waals surface area contributed by atoms with Gasteiger partial charge in [0.25, 0.3) is 5.91 Å². The fourth-order valence-electron chi connectivity index (χ4n) is 2.74. The molecule has 0 aliphatic rings. The molecular weight excluding hydrogens is 419 g/mol. The molecule has 154 valence electrons. The Morgan fingerprint density at radius 1 is 1.10 bits per heavy atom. The van der Waals surface area contributed by atoms with Crippen LogP contribution in [0.3, 0.4) is 0 Å². The molecule has 0 aliphatic heterocycles. The Bertz CT molecular complexity index is 1210. The molecule has 0 radical (unpaired) electrons. The summed E-state index contributed by atoms with van der Waals surface area (Å²) in [4.78, 5) is 24.7. The molecule has 31 heavy (non-hydrogen) atoms. The standard InChI is InChI=1S/C24H16ClFN2O3/c1-15-5-2-10-21(25)22(15)28-23(29)18(14-27)11-16-6-3-9-20(12-16)31-24(30)17-7-4-8-19(26)13-17/h2-13H,1H3,(H,28,29)/b18-11+. The molecule has 1 N–H and O–H groups in total. The van der Waals surface area contributed by atoms with Gasteiger partial charge in [0.2, 0.25) is 0 Å². The summed E-state index contributed by atoms with van der Waals surface area (Å²) in [6.07, 6.45) is 1.36. The largest absolute Gasteiger partial charge is 0.423 e. The molecule has 0 aliphatic carbocycles. The molecule has 0 saturated heterocycles. The third-order valence-electron chi connectivity index (χ3n) is 4.27. The van der Waals surface area contributed by atoms with Crippen molar-refractivity contribution in [1.29, 1.82) is 5.26 Å². The van der Waals surface area contributed by atoms with Gasteiger partial charge in [-0.1, -0.05) is 41.9 Å². The van der Waals surface area contributed by atoms with E-state index in [0.29, 0.717) is 16.3 Å². The van der Waals surface area contributed by atoms with Crippen LogP contribution in [0.5, 0.6) is 5.75 Å². The Kier molecular flexibility index (Phi) is 6.81. The van der Waals surface area contributed by atoms with E-state index < -0.39 is 17.7 Å². The number of para-hydroxylation sites is 1. The number of carbonyl (C=O) groups is 2. The molecule has 5 nitrogen and oxygen atoms in total. The summed E-state index contributed by atoms with van der Waals surface area (Å²) in [6.45, 7) is 1.79. The van der Waals surface area contributed by atoms with Crippen LogP contribution in [0.1, 0.15) is 21.5 Å². The molecule has 0 heterocycles. The summed E-state index contributed by atoms with van der Waals surface area (Å²) in [6, 6.07) is 18.4. The van der Waals surface area contributed by atoms with E-state index >= 15 is 0 Å². The topological polar surface area (TPSA) is 79.2 Å². The van der Waals surface area contributed by atoms with Gasteiger partial charge in [-0.25, -0.2) is 9.18 Å². The molecule has 0 unspecified atom stereocenters. The monoisotopic (exact) mass is 434 g/mol. The lowest BCUT2D eigenvalue weighted by molar-refractivity contribution is -0.112. The molecule has 0 bridgehead atoms. The number of hydrogen-bond acceptors (Lipinski definition) is 4. The Morgan fingerprint density at radius 2 is 1.84 bits per heavy atom. The second-order valence-corrected chi connectivity index (χ2v) is 6.94. The fourth-order valence-corrected chi connectivity index (χ4v) is 3.00. The number of nitriles is 1. The highest BCUT2D eigenvalue weighted by Gasteiger charge is 2.14. The normalized spacial score (nSPS) is 10.8. The van der Waals surface area contributed by atoms with Gasteiger partial charge in [0, 0.05) is 0 Å². The molecule has 3 aromatic carbocycles. The lowest BCUT2D eigenvalue weighted by Crippen LogP contribution is -2.14. The number of carbonyl (C=O) groups excluding carboxylic acids is 2. The number of ether oxygens (including phenoxy) is 1. The Morgan fingerprint density at radius 3 is 2.55 bits per heavy atom. The van der Waals surface area contributed by atoms with Gasteiger partial charge in [-0.05, 0) is 60.5 Å². The van der Waals surface area contributed by atoms with Crippen LogP contribution in [0.2, 0.25) is 5.02 Å². The third kappa shape index (κ3) is 5.56. The predicted octanol–water partition coefficient (Wildman–Crippen LogP) is 5.55. The second-order valence-electron chi connectivity index (χ2n) is 6.53. The first-order valence-electron chi connectivity index (χ1n) is 9.13. The third-order valence-corrected chi connectivity index (χ3v) is 4.58. The van der Waals surface area contributed by atoms with Gasteiger partial charge in [0.15, 0.2) is 0 Å². The van der Waals surface area contributed by atoms with Crippen molar-refractivity contribution in [3.05, 3.63) is 99.8 Å². The number of rotatable bonds is 5. The average molecular weight is 435 g/mol. The van der Waals surface area contributed by atoms with Gasteiger partial charge >= 0.3 is 5.97 Å². The van der Waals surface area contributed by atoms with Gasteiger partial charge < -0.3 is 10.1 Å². The van der Waals surface area contributed by atoms with Crippen LogP contribution in [0, 0.1) is 24.1 Å². The smallest absolute Gasteiger partial charge is 0.343 e. The maximum atomic E-state index is 13.3. The molecule has 0 atom stereocenters. The van der Waals surface area contributed by atoms with Gasteiger partial charge in [0.1, 0.15) is 23.2 Å². The molecule has 1 amide bonds. The van der Waals surface area contributed by atoms with Crippen LogP contribution >= 0.6 is 11.6 Å². The highest BCUT2D eigenvalue weighted by molar-refractivity contribution is 6.34. The predicted molar refractivity (Wildman–Crippen MR) is 116 cm³/mol. The van der Waals surface area contributed by atoms with E-state index in [1.54, 1.807) is 37.3 Å². The quantitative estimate of drug-likeness (QED) is 0.247. The minimum absolute atomic E-state index is 0.0631. The second kappa shape index (κ2) is 9.70. The number of hydrogen-bond donors (Lipinski definition) is 1. The van der Waals surface area contributed by atoms with Crippen molar-refractivity contribution in [2.45, 2.75) is 6.92 Å². The maximum Gasteiger partial charge on any atom is 0.343 e. The molecule has 0 aromatic heterocycles. The van der Waals surface area contributed by atoms with Crippen LogP contribution in [0.25, 0.3) is 6.08 Å². The van der Waals surface area contributed by atoms with E-state index in [2.05, 4.69) is 5.32 Å². The van der Waals surface area contributed by atoms with Crippen molar-refractivity contribution < 1.29 is 18.7 Å². The van der Waals surface area contributed by atoms with E-state index in [9.17, 15) is 19.2 Å². The van der Waals surface area contributed by atoms with Gasteiger partial charge in [-0.3, -0.25) is 4.79 Å². The summed E-state index contributed by atoms with van der Waals surface area (Å²) in [5.74, 6) is -1.72. The molecule has 3 aromatic rings. The Labute approximate surface area is 183 Å². The van der Waals surface area contributed by atoms with Crippen LogP contribution in [0.4, 0.5) is 10.1 Å². The minimum atomic E-state index is -0.729. The first-order valence-corrected chi connectivity index (χ1v) is 9.51. The van der Waals surface area contributed by atoms with Crippen molar-refractivity contribution in [3.8, 4) is 11.8 Å². The van der Waals surface area contributed by atoms with Crippen LogP contribution in [0.15, 0.2) is 72.3 Å². The summed E-state index contributed by atoms with van der Waals surface area (Å²) in [5.41, 5.74) is 1.55. The number of aryl methyl sites for hydroxylation is 1. The first kappa shape index (κ1) is 21.8. The number of halogens is 2. The number of esters is 1. The summed E-state index contributed by atoms with van der Waals surface area (Å²) in [7, 11) is 0. The zero-order valence-corrected chi connectivity index (χ0v) is 17.1. The molecular formula is C24H16ClFN2O3. The molecule has 7 heteroatoms. The Balaban J connectivity index is 1.79. The van der Waals surface area contributed by atoms with E-state index in [1.807, 2.05) is 6.07 Å².